The van der Waals surface area contributed by atoms with Crippen molar-refractivity contribution < 1.29 is 19.1 Å². The first-order chi connectivity index (χ1) is 13.5. The topological polar surface area (TPSA) is 83.7 Å². The molecule has 2 aliphatic rings. The number of carbonyl (C=O) groups excluding carboxylic acids is 2. The van der Waals surface area contributed by atoms with E-state index in [2.05, 4.69) is 10.3 Å². The first kappa shape index (κ1) is 19.1. The number of nitrogens with zero attached hydrogens (tertiary/aromatic N) is 1. The lowest BCUT2D eigenvalue weighted by Gasteiger charge is -2.24. The highest BCUT2D eigenvalue weighted by atomic mass is 35.5. The minimum atomic E-state index is -0.262. The number of halogens is 1. The molecule has 0 spiro atoms. The molecule has 4 rings (SSSR count). The Morgan fingerprint density at radius 2 is 2.04 bits per heavy atom. The van der Waals surface area contributed by atoms with Crippen molar-refractivity contribution in [3.05, 3.63) is 28.9 Å². The Hall–Kier alpha value is -2.25. The van der Waals surface area contributed by atoms with Gasteiger partial charge < -0.3 is 24.7 Å². The van der Waals surface area contributed by atoms with Crippen molar-refractivity contribution >= 4 is 40.1 Å². The van der Waals surface area contributed by atoms with Crippen molar-refractivity contribution in [2.45, 2.75) is 25.3 Å². The molecule has 3 heterocycles. The van der Waals surface area contributed by atoms with Gasteiger partial charge >= 0.3 is 5.97 Å². The summed E-state index contributed by atoms with van der Waals surface area (Å²) in [5, 5.41) is 5.04. The van der Waals surface area contributed by atoms with Gasteiger partial charge in [0, 0.05) is 42.8 Å². The van der Waals surface area contributed by atoms with Crippen LogP contribution in [0.3, 0.4) is 0 Å². The van der Waals surface area contributed by atoms with E-state index in [1.807, 2.05) is 18.2 Å². The summed E-state index contributed by atoms with van der Waals surface area (Å²) < 4.78 is 10.2. The lowest BCUT2D eigenvalue weighted by atomic mass is 10.1. The number of fused-ring (bicyclic) bond motifs is 1. The fourth-order valence-corrected chi connectivity index (χ4v) is 4.20. The van der Waals surface area contributed by atoms with E-state index in [9.17, 15) is 9.59 Å². The first-order valence-electron chi connectivity index (χ1n) is 9.59. The molecule has 0 bridgehead atoms. The average Bonchev–Trinajstić information content (AvgIpc) is 3.35. The number of H-pyrrole nitrogens is 1. The van der Waals surface area contributed by atoms with Crippen molar-refractivity contribution in [1.82, 2.24) is 9.88 Å². The molecule has 0 aliphatic carbocycles. The maximum Gasteiger partial charge on any atom is 0.310 e. The number of methoxy groups -OCH3 is 1. The van der Waals surface area contributed by atoms with E-state index in [1.54, 1.807) is 4.90 Å². The summed E-state index contributed by atoms with van der Waals surface area (Å²) in [6.45, 7) is 2.41. The fourth-order valence-electron chi connectivity index (χ4n) is 3.97. The molecule has 2 saturated heterocycles. The lowest BCUT2D eigenvalue weighted by Crippen LogP contribution is -2.30. The molecule has 2 aromatic rings. The molecule has 2 fully saturated rings. The van der Waals surface area contributed by atoms with Crippen molar-refractivity contribution in [2.24, 2.45) is 5.92 Å². The number of carbonyl (C=O) groups is 2. The highest BCUT2D eigenvalue weighted by Crippen LogP contribution is 2.31. The van der Waals surface area contributed by atoms with Gasteiger partial charge in [0.2, 0.25) is 0 Å². The third-order valence-corrected chi connectivity index (χ3v) is 5.73. The van der Waals surface area contributed by atoms with E-state index in [-0.39, 0.29) is 17.8 Å². The molecular weight excluding hydrogens is 382 g/mol. The number of aromatic amines is 1. The predicted octanol–water partition coefficient (Wildman–Crippen LogP) is 3.05. The molecule has 2 N–H and O–H groups in total. The summed E-state index contributed by atoms with van der Waals surface area (Å²) in [6, 6.07) is 5.87. The molecule has 150 valence electrons. The summed E-state index contributed by atoms with van der Waals surface area (Å²) in [5.41, 5.74) is 2.25. The van der Waals surface area contributed by atoms with Crippen molar-refractivity contribution in [3.8, 4) is 0 Å². The smallest absolute Gasteiger partial charge is 0.310 e. The molecule has 1 aromatic carbocycles. The molecule has 0 saturated carbocycles. The number of aromatic nitrogens is 1. The summed E-state index contributed by atoms with van der Waals surface area (Å²) in [5.74, 6) is -0.629. The van der Waals surface area contributed by atoms with Gasteiger partial charge in [0.25, 0.3) is 5.91 Å². The quantitative estimate of drug-likeness (QED) is 0.764. The van der Waals surface area contributed by atoms with Crippen LogP contribution in [0.15, 0.2) is 18.2 Å². The highest BCUT2D eigenvalue weighted by molar-refractivity contribution is 6.32. The first-order valence-corrected chi connectivity index (χ1v) is 9.96. The van der Waals surface area contributed by atoms with Crippen molar-refractivity contribution in [3.63, 3.8) is 0 Å². The zero-order chi connectivity index (χ0) is 19.7. The second kappa shape index (κ2) is 8.01. The number of benzene rings is 1. The van der Waals surface area contributed by atoms with Crippen LogP contribution < -0.4 is 5.32 Å². The summed E-state index contributed by atoms with van der Waals surface area (Å²) in [4.78, 5) is 29.6. The van der Waals surface area contributed by atoms with E-state index in [1.165, 1.54) is 7.11 Å². The number of ether oxygens (including phenoxy) is 2. The van der Waals surface area contributed by atoms with Crippen molar-refractivity contribution in [1.29, 1.82) is 0 Å². The van der Waals surface area contributed by atoms with Gasteiger partial charge in [-0.25, -0.2) is 0 Å². The van der Waals surface area contributed by atoms with E-state index in [0.717, 1.165) is 42.6 Å². The maximum absolute atomic E-state index is 12.9. The number of amides is 1. The minimum absolute atomic E-state index is 0.115. The van der Waals surface area contributed by atoms with Gasteiger partial charge in [-0.2, -0.15) is 0 Å². The van der Waals surface area contributed by atoms with Crippen LogP contribution in [0.5, 0.6) is 0 Å². The number of esters is 1. The third-order valence-electron chi connectivity index (χ3n) is 5.51. The Morgan fingerprint density at radius 3 is 2.79 bits per heavy atom. The van der Waals surface area contributed by atoms with Gasteiger partial charge in [0.05, 0.1) is 24.2 Å². The largest absolute Gasteiger partial charge is 0.469 e. The summed E-state index contributed by atoms with van der Waals surface area (Å²) in [6.07, 6.45) is 2.49. The van der Waals surface area contributed by atoms with Gasteiger partial charge in [0.15, 0.2) is 0 Å². The number of hydrogen-bond donors (Lipinski definition) is 2. The Kier molecular flexibility index (Phi) is 5.46. The molecular formula is C20H24ClN3O4. The number of nitrogens with one attached hydrogen (secondary N) is 2. The van der Waals surface area contributed by atoms with Gasteiger partial charge in [-0.05, 0) is 37.5 Å². The lowest BCUT2D eigenvalue weighted by molar-refractivity contribution is -0.144. The normalized spacial score (nSPS) is 20.5. The molecule has 1 atom stereocenters. The molecule has 8 heteroatoms. The third kappa shape index (κ3) is 3.82. The van der Waals surface area contributed by atoms with Crippen LogP contribution in [-0.4, -0.2) is 61.2 Å². The zero-order valence-electron chi connectivity index (χ0n) is 15.8. The van der Waals surface area contributed by atoms with Crippen LogP contribution in [0.2, 0.25) is 5.02 Å². The Morgan fingerprint density at radius 1 is 1.25 bits per heavy atom. The molecule has 7 nitrogen and oxygen atoms in total. The molecule has 0 radical (unpaired) electrons. The van der Waals surface area contributed by atoms with Gasteiger partial charge in [-0.15, -0.1) is 0 Å². The molecule has 1 aromatic heterocycles. The molecule has 2 aliphatic heterocycles. The number of rotatable bonds is 4. The highest BCUT2D eigenvalue weighted by Gasteiger charge is 2.32. The minimum Gasteiger partial charge on any atom is -0.469 e. The second-order valence-corrected chi connectivity index (χ2v) is 7.83. The van der Waals surface area contributed by atoms with E-state index in [0.29, 0.717) is 36.3 Å². The van der Waals surface area contributed by atoms with E-state index in [4.69, 9.17) is 21.1 Å². The number of hydrogen-bond acceptors (Lipinski definition) is 5. The Labute approximate surface area is 168 Å². The van der Waals surface area contributed by atoms with E-state index < -0.39 is 0 Å². The zero-order valence-corrected chi connectivity index (χ0v) is 16.6. The van der Waals surface area contributed by atoms with Crippen molar-refractivity contribution in [2.75, 3.05) is 38.7 Å². The number of likely N-dealkylation sites (tertiary alicyclic amines) is 1. The second-order valence-electron chi connectivity index (χ2n) is 7.39. The number of anilines is 1. The van der Waals surface area contributed by atoms with Crippen LogP contribution in [0.4, 0.5) is 5.69 Å². The fraction of sp³-hybridized carbons (Fsp3) is 0.500. The van der Waals surface area contributed by atoms with Gasteiger partial charge in [-0.1, -0.05) is 11.6 Å². The average molecular weight is 406 g/mol. The molecule has 28 heavy (non-hydrogen) atoms. The van der Waals surface area contributed by atoms with E-state index >= 15 is 0 Å². The van der Waals surface area contributed by atoms with Gasteiger partial charge in [0.1, 0.15) is 5.69 Å². The Bertz CT molecular complexity index is 891. The summed E-state index contributed by atoms with van der Waals surface area (Å²) in [7, 11) is 1.38. The Balaban J connectivity index is 1.56. The maximum atomic E-state index is 12.9. The predicted molar refractivity (Wildman–Crippen MR) is 107 cm³/mol. The van der Waals surface area contributed by atoms with Crippen LogP contribution in [0.25, 0.3) is 10.9 Å². The van der Waals surface area contributed by atoms with Crippen LogP contribution >= 0.6 is 11.6 Å². The standard InChI is InChI=1S/C20H24ClN3O4/c1-27-20(26)12-2-5-24(11-12)19(25)17-9-13-8-14(21)10-16(18(13)23-17)22-15-3-6-28-7-4-15/h8-10,12,15,22-23H,2-7,11H2,1H3/t12-/m1/s1. The van der Waals surface area contributed by atoms with Crippen LogP contribution in [0.1, 0.15) is 29.8 Å². The SMILES string of the molecule is COC(=O)[C@@H]1CCN(C(=O)c2cc3cc(Cl)cc(NC4CCOCC4)c3[nH]2)C1. The van der Waals surface area contributed by atoms with Crippen LogP contribution in [-0.2, 0) is 14.3 Å². The monoisotopic (exact) mass is 405 g/mol. The van der Waals surface area contributed by atoms with Crippen LogP contribution in [0, 0.1) is 5.92 Å². The summed E-state index contributed by atoms with van der Waals surface area (Å²) >= 11 is 6.30. The van der Waals surface area contributed by atoms with Gasteiger partial charge in [-0.3, -0.25) is 9.59 Å². The molecule has 1 amide bonds. The molecule has 0 unspecified atom stereocenters.